The zero-order valence-corrected chi connectivity index (χ0v) is 60.8. The van der Waals surface area contributed by atoms with E-state index in [1.54, 1.807) is 44.3 Å². The Morgan fingerprint density at radius 3 is 1.96 bits per heavy atom. The van der Waals surface area contributed by atoms with Crippen LogP contribution in [-0.4, -0.2) is 211 Å². The topological polar surface area (TPSA) is 513 Å². The van der Waals surface area contributed by atoms with Crippen molar-refractivity contribution in [3.8, 4) is 5.75 Å². The molecule has 2 aromatic heterocycles. The van der Waals surface area contributed by atoms with Crippen molar-refractivity contribution in [3.63, 3.8) is 0 Å². The van der Waals surface area contributed by atoms with Gasteiger partial charge in [-0.25, -0.2) is 4.98 Å². The molecule has 0 bridgehead atoms. The number of unbranched alkanes of at least 4 members (excludes halogenated alkanes) is 1. The summed E-state index contributed by atoms with van der Waals surface area (Å²) in [6.07, 6.45) is 6.48. The Kier molecular flexibility index (Phi) is 32.2. The summed E-state index contributed by atoms with van der Waals surface area (Å²) in [6.45, 7) is 10.6. The summed E-state index contributed by atoms with van der Waals surface area (Å²) in [7, 11) is 0. The van der Waals surface area contributed by atoms with Gasteiger partial charge in [-0.1, -0.05) is 58.0 Å². The minimum absolute atomic E-state index is 0.000175. The van der Waals surface area contributed by atoms with Gasteiger partial charge < -0.3 is 100 Å². The number of aliphatic imine (C=N–C) groups is 1. The number of phenolic OH excluding ortho intramolecular Hbond substituents is 1. The number of phenols is 1. The van der Waals surface area contributed by atoms with E-state index in [1.165, 1.54) is 41.7 Å². The lowest BCUT2D eigenvalue weighted by molar-refractivity contribution is -0.142. The minimum atomic E-state index is -1.82. The molecule has 2 fully saturated rings. The Hall–Kier alpha value is -9.83. The Morgan fingerprint density at radius 1 is 0.712 bits per heavy atom. The number of guanidine groups is 1. The zero-order chi connectivity index (χ0) is 76.3. The van der Waals surface area contributed by atoms with Crippen LogP contribution in [0.4, 0.5) is 0 Å². The van der Waals surface area contributed by atoms with E-state index in [0.717, 1.165) is 0 Å². The number of aromatic hydroxyl groups is 1. The molecule has 9 atom stereocenters. The molecule has 6 rings (SSSR count). The second kappa shape index (κ2) is 40.3. The van der Waals surface area contributed by atoms with Gasteiger partial charge in [0.15, 0.2) is 5.96 Å². The highest BCUT2D eigenvalue weighted by Gasteiger charge is 2.40. The monoisotopic (exact) mass is 1470 g/mol. The Morgan fingerprint density at radius 2 is 1.33 bits per heavy atom. The molecule has 12 amide bonds. The number of nitrogens with zero attached hydrogens (tertiary/aromatic N) is 3. The highest BCUT2D eigenvalue weighted by atomic mass is 32.1. The summed E-state index contributed by atoms with van der Waals surface area (Å²) in [6, 6.07) is 0.411. The maximum atomic E-state index is 15.1. The molecule has 4 heterocycles. The Balaban J connectivity index is 1.27. The van der Waals surface area contributed by atoms with E-state index < -0.39 is 132 Å². The van der Waals surface area contributed by atoms with Crippen LogP contribution in [0, 0.1) is 5.92 Å². The van der Waals surface area contributed by atoms with Crippen LogP contribution in [0.5, 0.6) is 5.75 Å². The number of hydrogen-bond donors (Lipinski definition) is 18. The number of aliphatic hydroxyl groups excluding tert-OH is 1. The van der Waals surface area contributed by atoms with E-state index in [4.69, 9.17) is 21.9 Å². The molecule has 2 aliphatic rings. The quantitative estimate of drug-likeness (QED) is 0.0109. The van der Waals surface area contributed by atoms with Gasteiger partial charge >= 0.3 is 0 Å². The van der Waals surface area contributed by atoms with Gasteiger partial charge in [-0.05, 0) is 120 Å². The number of nitrogens with one attached hydrogen (secondary N) is 12. The number of fused-ring (bicyclic) bond motifs is 1. The molecular weight excluding hydrogens is 1360 g/mol. The van der Waals surface area contributed by atoms with E-state index in [-0.39, 0.29) is 137 Å². The van der Waals surface area contributed by atoms with Crippen LogP contribution in [0.2, 0.25) is 0 Å². The fourth-order valence-electron chi connectivity index (χ4n) is 11.9. The number of primary amides is 1. The first kappa shape index (κ1) is 83.1. The van der Waals surface area contributed by atoms with E-state index >= 15 is 9.59 Å². The molecule has 20 N–H and O–H groups in total. The molecule has 2 aliphatic heterocycles. The van der Waals surface area contributed by atoms with Crippen LogP contribution in [0.1, 0.15) is 142 Å². The van der Waals surface area contributed by atoms with Gasteiger partial charge in [-0.3, -0.25) is 62.5 Å². The third-order valence-electron chi connectivity index (χ3n) is 17.7. The highest BCUT2D eigenvalue weighted by molar-refractivity contribution is 7.81. The van der Waals surface area contributed by atoms with Crippen molar-refractivity contribution < 1.29 is 72.5 Å². The van der Waals surface area contributed by atoms with Crippen molar-refractivity contribution in [2.45, 2.75) is 209 Å². The summed E-state index contributed by atoms with van der Waals surface area (Å²) >= 11 is 4.57. The first-order chi connectivity index (χ1) is 49.3. The molecule has 34 heteroatoms. The van der Waals surface area contributed by atoms with E-state index in [2.05, 4.69) is 85.7 Å². The van der Waals surface area contributed by atoms with Gasteiger partial charge in [-0.2, -0.15) is 12.6 Å². The summed E-state index contributed by atoms with van der Waals surface area (Å²) in [5.41, 5.74) is 17.9. The number of aliphatic hydroxyl groups is 1. The zero-order valence-electron chi connectivity index (χ0n) is 59.9. The second-order valence-corrected chi connectivity index (χ2v) is 29.2. The van der Waals surface area contributed by atoms with Gasteiger partial charge in [0.25, 0.3) is 0 Å². The number of H-pyrrole nitrogens is 2. The van der Waals surface area contributed by atoms with Crippen molar-refractivity contribution >= 4 is 100 Å². The van der Waals surface area contributed by atoms with Crippen molar-refractivity contribution in [2.75, 3.05) is 39.4 Å². The smallest absolute Gasteiger partial charge is 0.245 e. The number of thiol groups is 1. The number of benzene rings is 2. The number of rotatable bonds is 43. The van der Waals surface area contributed by atoms with E-state index in [0.29, 0.717) is 53.6 Å². The van der Waals surface area contributed by atoms with E-state index in [1.807, 2.05) is 27.7 Å². The molecule has 2 saturated heterocycles. The van der Waals surface area contributed by atoms with Crippen LogP contribution in [-0.2, 0) is 81.5 Å². The predicted molar refractivity (Wildman–Crippen MR) is 388 cm³/mol. The van der Waals surface area contributed by atoms with Gasteiger partial charge in [0.2, 0.25) is 70.9 Å². The number of para-hydroxylation sites is 1. The summed E-state index contributed by atoms with van der Waals surface area (Å²) in [5.74, 6) is -9.49. The van der Waals surface area contributed by atoms with Crippen molar-refractivity contribution in [2.24, 2.45) is 28.1 Å². The Labute approximate surface area is 609 Å². The minimum Gasteiger partial charge on any atom is -0.508 e. The number of likely N-dealkylation sites (tertiary alicyclic amines) is 1. The first-order valence-electron chi connectivity index (χ1n) is 35.2. The molecule has 0 aliphatic carbocycles. The van der Waals surface area contributed by atoms with Gasteiger partial charge in [0.05, 0.1) is 25.1 Å². The Bertz CT molecular complexity index is 3610. The number of imidazole rings is 1. The van der Waals surface area contributed by atoms with Gasteiger partial charge in [-0.15, -0.1) is 0 Å². The van der Waals surface area contributed by atoms with Crippen LogP contribution in [0.3, 0.4) is 0 Å². The van der Waals surface area contributed by atoms with Crippen molar-refractivity contribution in [1.82, 2.24) is 73.0 Å². The molecule has 0 radical (unpaired) electrons. The third kappa shape index (κ3) is 27.7. The van der Waals surface area contributed by atoms with Crippen LogP contribution >= 0.6 is 12.6 Å². The normalized spacial score (nSPS) is 16.5. The number of hydrogen-bond acceptors (Lipinski definition) is 18. The number of carbonyl (C=O) groups is 12. The van der Waals surface area contributed by atoms with Crippen molar-refractivity contribution in [3.05, 3.63) is 84.1 Å². The van der Waals surface area contributed by atoms with Crippen molar-refractivity contribution in [1.29, 1.82) is 0 Å². The highest BCUT2D eigenvalue weighted by Crippen LogP contribution is 2.25. The maximum Gasteiger partial charge on any atom is 0.245 e. The largest absolute Gasteiger partial charge is 0.508 e. The summed E-state index contributed by atoms with van der Waals surface area (Å²) in [5, 5.41) is 48.7. The number of aromatic nitrogens is 3. The predicted octanol–water partition coefficient (Wildman–Crippen LogP) is -1.06. The number of ether oxygens (including phenoxy) is 1. The maximum absolute atomic E-state index is 15.1. The summed E-state index contributed by atoms with van der Waals surface area (Å²) in [4.78, 5) is 182. The molecule has 4 aromatic rings. The number of aromatic amines is 2. The molecule has 33 nitrogen and oxygen atoms in total. The average Bonchev–Trinajstić information content (AvgIpc) is 1.61. The molecule has 0 saturated carbocycles. The summed E-state index contributed by atoms with van der Waals surface area (Å²) < 4.78 is 5.82. The number of carbonyl (C=O) groups excluding carboxylic acids is 12. The average molecular weight is 1470 g/mol. The molecular formula is C70H104N18O15S. The van der Waals surface area contributed by atoms with Crippen LogP contribution < -0.4 is 70.4 Å². The van der Waals surface area contributed by atoms with Gasteiger partial charge in [0, 0.05) is 92.1 Å². The third-order valence-corrected chi connectivity index (χ3v) is 17.9. The molecule has 570 valence electrons. The van der Waals surface area contributed by atoms with Crippen LogP contribution in [0.25, 0.3) is 10.9 Å². The fraction of sp³-hybridized carbons (Fsp3) is 0.571. The lowest BCUT2D eigenvalue weighted by atomic mass is 10.00. The molecule has 104 heavy (non-hydrogen) atoms. The fourth-order valence-corrected chi connectivity index (χ4v) is 12.0. The lowest BCUT2D eigenvalue weighted by Gasteiger charge is -2.30. The first-order valence-corrected chi connectivity index (χ1v) is 35.6. The molecule has 0 spiro atoms. The lowest BCUT2D eigenvalue weighted by Crippen LogP contribution is -2.61. The SMILES string of the molecule is CC(C)C[C@H](NC(=O)[C@@H](CCCCNC(=O)CCC(C)(C)OCCC(C)(C)S)NC(=O)[C@H](Cc1ccc(O)cc1)NC(=O)[C@H](CO)NC(=O)C(Cc1c[nH]c2ccccc12)NC(=O)[C@H](Cc1cnc[nH]1)NC(=O)[C@@H]1CCC(=O)N1)C(=O)N[C@@H](CCCN=C(N)N)C(=O)N1CCC[C@@H]1C(=O)NCC(N)=O. The second-order valence-electron chi connectivity index (χ2n) is 28.0. The number of amides is 12. The molecule has 2 aromatic carbocycles. The van der Waals surface area contributed by atoms with Gasteiger partial charge in [0.1, 0.15) is 60.1 Å². The van der Waals surface area contributed by atoms with E-state index in [9.17, 15) is 58.2 Å². The number of nitrogens with two attached hydrogens (primary N) is 3. The van der Waals surface area contributed by atoms with Crippen LogP contribution in [0.15, 0.2) is 72.2 Å². The standard InChI is InChI=1S/C70H104N18O15S/c1-40(2)31-50(61(96)82-49(16-11-28-76-68(72)73)67(102)88-29-12-17-55(88)66(101)78-37-56(71)91)83-59(94)47(15-9-10-27-75-57(92)24-25-69(3,4)103-30-26-70(5,6)104)81-62(97)51(32-41-18-20-44(90)21-19-41)84-65(100)54(38-89)87-63(98)52(33-42-35-77-46-14-8-7-13-45(42)46)85-64(99)53(34-43-36-74-39-79-43)86-60(95)48-22-23-58(93)80-48/h7-8,13-14,18-21,35-36,39-40,47-55,77,89-90,104H,9-12,15-17,22-34,37-38H2,1-6H3,(H2,71,91)(H,74,79)(H,75,92)(H,78,101)(H,80,93)(H,81,97)(H,82,96)(H,83,94)(H,84,100)(H,85,99)(H,86,95)(H,87,98)(H4,72,73,76)/t47-,48+,49+,50+,51+,52?,53+,54+,55-/m1/s1. The molecule has 1 unspecified atom stereocenters.